The quantitative estimate of drug-likeness (QED) is 0.720. The Bertz CT molecular complexity index is 857. The molecule has 1 aromatic carbocycles. The van der Waals surface area contributed by atoms with Gasteiger partial charge >= 0.3 is 5.63 Å². The van der Waals surface area contributed by atoms with Crippen LogP contribution in [0, 0.1) is 0 Å². The summed E-state index contributed by atoms with van der Waals surface area (Å²) in [6.07, 6.45) is 3.26. The van der Waals surface area contributed by atoms with Gasteiger partial charge in [0.05, 0.1) is 10.2 Å². The lowest BCUT2D eigenvalue weighted by Gasteiger charge is -2.12. The lowest BCUT2D eigenvalue weighted by atomic mass is 9.99. The van der Waals surface area contributed by atoms with E-state index >= 15 is 0 Å². The summed E-state index contributed by atoms with van der Waals surface area (Å²) in [5.74, 6) is 0.751. The lowest BCUT2D eigenvalue weighted by molar-refractivity contribution is 0.473. The van der Waals surface area contributed by atoms with Crippen molar-refractivity contribution < 1.29 is 4.42 Å². The van der Waals surface area contributed by atoms with Gasteiger partial charge in [0.25, 0.3) is 0 Å². The Balaban J connectivity index is 2.43. The van der Waals surface area contributed by atoms with Gasteiger partial charge in [0.1, 0.15) is 5.76 Å². The van der Waals surface area contributed by atoms with Crippen molar-refractivity contribution in [2.45, 2.75) is 11.8 Å². The molecule has 0 saturated carbocycles. The summed E-state index contributed by atoms with van der Waals surface area (Å²) < 4.78 is 5.48. The number of hydrogen-bond acceptors (Lipinski definition) is 5. The fourth-order valence-electron chi connectivity index (χ4n) is 2.26. The molecule has 6 heteroatoms. The van der Waals surface area contributed by atoms with Crippen molar-refractivity contribution in [2.24, 2.45) is 0 Å². The van der Waals surface area contributed by atoms with Crippen molar-refractivity contribution in [3.63, 3.8) is 0 Å². The fourth-order valence-corrected chi connectivity index (χ4v) is 2.59. The maximum absolute atomic E-state index is 12.1. The molecule has 1 unspecified atom stereocenters. The van der Waals surface area contributed by atoms with Crippen LogP contribution in [-0.4, -0.2) is 9.97 Å². The number of aromatic nitrogens is 2. The number of benzene rings is 1. The molecule has 0 aliphatic rings. The summed E-state index contributed by atoms with van der Waals surface area (Å²) in [4.78, 5) is 20.0. The van der Waals surface area contributed by atoms with Crippen molar-refractivity contribution in [3.05, 3.63) is 52.8 Å². The first kappa shape index (κ1) is 13.8. The topological polar surface area (TPSA) is 82.0 Å². The summed E-state index contributed by atoms with van der Waals surface area (Å²) in [5, 5.41) is 1.34. The summed E-state index contributed by atoms with van der Waals surface area (Å²) in [5.41, 5.74) is 6.74. The van der Waals surface area contributed by atoms with Crippen LogP contribution in [0.2, 0.25) is 0 Å². The molecule has 5 nitrogen and oxygen atoms in total. The highest BCUT2D eigenvalue weighted by atomic mass is 79.9. The molecule has 0 radical (unpaired) electrons. The minimum Gasteiger partial charge on any atom is -0.426 e. The van der Waals surface area contributed by atoms with E-state index in [0.717, 1.165) is 16.5 Å². The average Bonchev–Trinajstić information content (AvgIpc) is 2.48. The van der Waals surface area contributed by atoms with Gasteiger partial charge in [-0.25, -0.2) is 14.8 Å². The highest BCUT2D eigenvalue weighted by Crippen LogP contribution is 2.36. The van der Waals surface area contributed by atoms with Gasteiger partial charge in [-0.15, -0.1) is 0 Å². The highest BCUT2D eigenvalue weighted by Gasteiger charge is 2.19. The highest BCUT2D eigenvalue weighted by molar-refractivity contribution is 9.09. The maximum atomic E-state index is 12.1. The van der Waals surface area contributed by atoms with Crippen LogP contribution in [0.4, 0.5) is 5.95 Å². The minimum absolute atomic E-state index is 0.123. The fraction of sp³-hybridized carbons (Fsp3) is 0.133. The Morgan fingerprint density at radius 2 is 1.81 bits per heavy atom. The van der Waals surface area contributed by atoms with Crippen LogP contribution in [0.15, 0.2) is 45.9 Å². The Labute approximate surface area is 129 Å². The number of fused-ring (bicyclic) bond motifs is 1. The van der Waals surface area contributed by atoms with E-state index in [1.54, 1.807) is 24.5 Å². The summed E-state index contributed by atoms with van der Waals surface area (Å²) >= 11 is 3.47. The third-order valence-electron chi connectivity index (χ3n) is 3.19. The molecule has 106 valence electrons. The Morgan fingerprint density at radius 3 is 2.43 bits per heavy atom. The van der Waals surface area contributed by atoms with Crippen LogP contribution in [0.1, 0.15) is 17.5 Å². The molecule has 2 N–H and O–H groups in total. The van der Waals surface area contributed by atoms with Gasteiger partial charge in [0.15, 0.2) is 0 Å². The van der Waals surface area contributed by atoms with Crippen LogP contribution in [-0.2, 0) is 0 Å². The van der Waals surface area contributed by atoms with Gasteiger partial charge in [0, 0.05) is 28.9 Å². The van der Waals surface area contributed by atoms with Crippen molar-refractivity contribution in [2.75, 3.05) is 5.73 Å². The van der Waals surface area contributed by atoms with Gasteiger partial charge < -0.3 is 10.2 Å². The monoisotopic (exact) mass is 345 g/mol. The van der Waals surface area contributed by atoms with Crippen molar-refractivity contribution in [3.8, 4) is 11.1 Å². The van der Waals surface area contributed by atoms with Crippen molar-refractivity contribution in [1.82, 2.24) is 9.97 Å². The number of halogens is 1. The van der Waals surface area contributed by atoms with E-state index in [4.69, 9.17) is 10.2 Å². The molecule has 0 amide bonds. The largest absolute Gasteiger partial charge is 0.426 e. The zero-order chi connectivity index (χ0) is 15.0. The number of anilines is 1. The normalized spacial score (nSPS) is 12.5. The smallest absolute Gasteiger partial charge is 0.343 e. The molecule has 1 atom stereocenters. The molecule has 0 aliphatic carbocycles. The number of rotatable bonds is 2. The molecule has 21 heavy (non-hydrogen) atoms. The molecule has 0 spiro atoms. The second kappa shape index (κ2) is 5.29. The number of alkyl halides is 1. The van der Waals surface area contributed by atoms with E-state index in [1.165, 1.54) is 0 Å². The Kier molecular flexibility index (Phi) is 3.47. The first-order valence-electron chi connectivity index (χ1n) is 6.35. The average molecular weight is 346 g/mol. The standard InChI is InChI=1S/C15H12BrN3O2/c1-8(16)13-12(9-6-18-15(17)19-7-9)10-4-2-3-5-11(10)14(20)21-13/h2-8H,1H3,(H2,17,18,19). The van der Waals surface area contributed by atoms with Crippen molar-refractivity contribution in [1.29, 1.82) is 0 Å². The zero-order valence-corrected chi connectivity index (χ0v) is 12.8. The predicted molar refractivity (Wildman–Crippen MR) is 85.3 cm³/mol. The van der Waals surface area contributed by atoms with Gasteiger partial charge in [-0.3, -0.25) is 0 Å². The van der Waals surface area contributed by atoms with E-state index in [-0.39, 0.29) is 16.4 Å². The SMILES string of the molecule is CC(Br)c1oc(=O)c2ccccc2c1-c1cnc(N)nc1. The molecule has 0 fully saturated rings. The van der Waals surface area contributed by atoms with E-state index in [0.29, 0.717) is 11.1 Å². The summed E-state index contributed by atoms with van der Waals surface area (Å²) in [6.45, 7) is 1.90. The van der Waals surface area contributed by atoms with E-state index in [9.17, 15) is 4.79 Å². The van der Waals surface area contributed by atoms with Gasteiger partial charge in [-0.05, 0) is 13.0 Å². The third kappa shape index (κ3) is 2.42. The second-order valence-corrected chi connectivity index (χ2v) is 5.99. The van der Waals surface area contributed by atoms with Crippen LogP contribution in [0.5, 0.6) is 0 Å². The molecule has 3 rings (SSSR count). The summed E-state index contributed by atoms with van der Waals surface area (Å²) in [7, 11) is 0. The van der Waals surface area contributed by atoms with E-state index in [2.05, 4.69) is 25.9 Å². The number of nitrogens with two attached hydrogens (primary N) is 1. The number of nitrogen functional groups attached to an aromatic ring is 1. The first-order valence-corrected chi connectivity index (χ1v) is 7.27. The van der Waals surface area contributed by atoms with Crippen LogP contribution < -0.4 is 11.4 Å². The molecular weight excluding hydrogens is 334 g/mol. The molecule has 2 heterocycles. The van der Waals surface area contributed by atoms with E-state index < -0.39 is 0 Å². The minimum atomic E-state index is -0.355. The van der Waals surface area contributed by atoms with E-state index in [1.807, 2.05) is 19.1 Å². The lowest BCUT2D eigenvalue weighted by Crippen LogP contribution is -2.06. The molecule has 2 aromatic heterocycles. The van der Waals surface area contributed by atoms with Crippen LogP contribution in [0.3, 0.4) is 0 Å². The predicted octanol–water partition coefficient (Wildman–Crippen LogP) is 3.29. The van der Waals surface area contributed by atoms with Gasteiger partial charge in [-0.2, -0.15) is 0 Å². The summed E-state index contributed by atoms with van der Waals surface area (Å²) in [6, 6.07) is 7.31. The second-order valence-electron chi connectivity index (χ2n) is 4.62. The number of nitrogens with zero attached hydrogens (tertiary/aromatic N) is 2. The van der Waals surface area contributed by atoms with Crippen LogP contribution >= 0.6 is 15.9 Å². The molecular formula is C15H12BrN3O2. The maximum Gasteiger partial charge on any atom is 0.343 e. The molecule has 0 bridgehead atoms. The number of hydrogen-bond donors (Lipinski definition) is 1. The molecule has 0 aliphatic heterocycles. The Morgan fingerprint density at radius 1 is 1.19 bits per heavy atom. The van der Waals surface area contributed by atoms with Crippen molar-refractivity contribution >= 4 is 32.7 Å². The zero-order valence-electron chi connectivity index (χ0n) is 11.2. The Hall–Kier alpha value is -2.21. The van der Waals surface area contributed by atoms with Gasteiger partial charge in [-0.1, -0.05) is 34.1 Å². The van der Waals surface area contributed by atoms with Gasteiger partial charge in [0.2, 0.25) is 5.95 Å². The first-order chi connectivity index (χ1) is 10.1. The molecule has 3 aromatic rings. The third-order valence-corrected chi connectivity index (χ3v) is 3.60. The molecule has 0 saturated heterocycles. The van der Waals surface area contributed by atoms with Crippen LogP contribution in [0.25, 0.3) is 21.9 Å².